The predicted octanol–water partition coefficient (Wildman–Crippen LogP) is 3.62. The van der Waals surface area contributed by atoms with Crippen molar-refractivity contribution >= 4 is 28.7 Å². The van der Waals surface area contributed by atoms with Crippen molar-refractivity contribution in [1.29, 1.82) is 0 Å². The van der Waals surface area contributed by atoms with E-state index in [1.165, 1.54) is 6.42 Å². The van der Waals surface area contributed by atoms with Crippen molar-refractivity contribution in [2.75, 3.05) is 24.1 Å². The third kappa shape index (κ3) is 4.23. The minimum absolute atomic E-state index is 0.172. The van der Waals surface area contributed by atoms with Crippen LogP contribution in [0.15, 0.2) is 0 Å². The molecule has 2 aliphatic rings. The zero-order valence-corrected chi connectivity index (χ0v) is 14.9. The van der Waals surface area contributed by atoms with Gasteiger partial charge in [-0.25, -0.2) is 4.79 Å². The molecule has 2 heterocycles. The quantitative estimate of drug-likeness (QED) is 0.503. The first kappa shape index (κ1) is 16.3. The van der Waals surface area contributed by atoms with Gasteiger partial charge in [0, 0.05) is 17.5 Å². The molecule has 1 atom stereocenters. The van der Waals surface area contributed by atoms with Crippen LogP contribution in [0.3, 0.4) is 0 Å². The maximum absolute atomic E-state index is 12.1. The number of carbonyl (C=O) groups excluding carboxylic acids is 1. The summed E-state index contributed by atoms with van der Waals surface area (Å²) in [5.41, 5.74) is -0.103. The van der Waals surface area contributed by atoms with Gasteiger partial charge in [0.2, 0.25) is 0 Å². The molecule has 0 radical (unpaired) electrons. The molecule has 2 fully saturated rings. The Bertz CT molecular complexity index is 336. The van der Waals surface area contributed by atoms with Crippen molar-refractivity contribution in [1.82, 2.24) is 4.90 Å². The van der Waals surface area contributed by atoms with Crippen LogP contribution in [0, 0.1) is 5.41 Å². The Balaban J connectivity index is 1.82. The highest BCUT2D eigenvalue weighted by Gasteiger charge is 2.40. The lowest BCUT2D eigenvalue weighted by Gasteiger charge is -2.45. The van der Waals surface area contributed by atoms with Gasteiger partial charge in [-0.2, -0.15) is 0 Å². The molecule has 4 nitrogen and oxygen atoms in total. The molecule has 0 aromatic rings. The fourth-order valence-electron chi connectivity index (χ4n) is 2.92. The lowest BCUT2D eigenvalue weighted by molar-refractivity contribution is -0.0772. The first-order chi connectivity index (χ1) is 9.34. The van der Waals surface area contributed by atoms with E-state index in [2.05, 4.69) is 22.6 Å². The zero-order chi connectivity index (χ0) is 14.8. The Hall–Kier alpha value is -0.0400. The van der Waals surface area contributed by atoms with Gasteiger partial charge in [0.05, 0.1) is 12.7 Å². The number of nitrogens with zero attached hydrogens (tertiary/aromatic N) is 1. The first-order valence-corrected chi connectivity index (χ1v) is 9.02. The van der Waals surface area contributed by atoms with Crippen LogP contribution in [0.4, 0.5) is 4.79 Å². The van der Waals surface area contributed by atoms with E-state index in [0.29, 0.717) is 11.5 Å². The molecule has 116 valence electrons. The van der Waals surface area contributed by atoms with Crippen molar-refractivity contribution in [3.8, 4) is 0 Å². The van der Waals surface area contributed by atoms with Crippen LogP contribution in [0.25, 0.3) is 0 Å². The standard InChI is InChI=1S/C15H26INO3/c1-14(2,3)20-13(18)17-8-6-15(7-9-17)5-4-12(10-16)19-11-15/h12H,4-11H2,1-3H3. The average Bonchev–Trinajstić information content (AvgIpc) is 2.38. The van der Waals surface area contributed by atoms with Crippen molar-refractivity contribution in [3.63, 3.8) is 0 Å². The van der Waals surface area contributed by atoms with Crippen LogP contribution in [0.2, 0.25) is 0 Å². The van der Waals surface area contributed by atoms with Gasteiger partial charge in [0.25, 0.3) is 0 Å². The molecule has 0 aromatic carbocycles. The number of carbonyl (C=O) groups is 1. The topological polar surface area (TPSA) is 38.8 Å². The highest BCUT2D eigenvalue weighted by molar-refractivity contribution is 14.1. The van der Waals surface area contributed by atoms with Crippen LogP contribution >= 0.6 is 22.6 Å². The highest BCUT2D eigenvalue weighted by atomic mass is 127. The van der Waals surface area contributed by atoms with Crippen molar-refractivity contribution in [2.24, 2.45) is 5.41 Å². The normalized spacial score (nSPS) is 26.6. The fourth-order valence-corrected chi connectivity index (χ4v) is 3.62. The molecule has 1 amide bonds. The summed E-state index contributed by atoms with van der Waals surface area (Å²) in [4.78, 5) is 13.9. The van der Waals surface area contributed by atoms with Crippen LogP contribution in [0.5, 0.6) is 0 Å². The summed E-state index contributed by atoms with van der Waals surface area (Å²) in [7, 11) is 0. The fraction of sp³-hybridized carbons (Fsp3) is 0.933. The van der Waals surface area contributed by atoms with Crippen molar-refractivity contribution < 1.29 is 14.3 Å². The highest BCUT2D eigenvalue weighted by Crippen LogP contribution is 2.40. The Labute approximate surface area is 135 Å². The molecule has 1 unspecified atom stereocenters. The van der Waals surface area contributed by atoms with Crippen LogP contribution < -0.4 is 0 Å². The van der Waals surface area contributed by atoms with Gasteiger partial charge in [0.1, 0.15) is 5.60 Å². The van der Waals surface area contributed by atoms with Crippen LogP contribution in [0.1, 0.15) is 46.5 Å². The van der Waals surface area contributed by atoms with Gasteiger partial charge >= 0.3 is 6.09 Å². The number of ether oxygens (including phenoxy) is 2. The number of amides is 1. The Morgan fingerprint density at radius 1 is 1.35 bits per heavy atom. The summed E-state index contributed by atoms with van der Waals surface area (Å²) in [5.74, 6) is 0. The Morgan fingerprint density at radius 2 is 2.00 bits per heavy atom. The second-order valence-corrected chi connectivity index (χ2v) is 7.97. The van der Waals surface area contributed by atoms with E-state index in [1.54, 1.807) is 0 Å². The minimum atomic E-state index is -0.409. The largest absolute Gasteiger partial charge is 0.444 e. The second-order valence-electron chi connectivity index (χ2n) is 7.09. The van der Waals surface area contributed by atoms with Gasteiger partial charge in [-0.1, -0.05) is 22.6 Å². The van der Waals surface area contributed by atoms with Gasteiger partial charge < -0.3 is 14.4 Å². The number of hydrogen-bond donors (Lipinski definition) is 0. The molecule has 1 spiro atoms. The molecular formula is C15H26INO3. The van der Waals surface area contributed by atoms with E-state index in [9.17, 15) is 4.79 Å². The summed E-state index contributed by atoms with van der Waals surface area (Å²) in [6, 6.07) is 0. The lowest BCUT2D eigenvalue weighted by atomic mass is 9.74. The maximum atomic E-state index is 12.1. The van der Waals surface area contributed by atoms with Crippen LogP contribution in [-0.2, 0) is 9.47 Å². The molecule has 20 heavy (non-hydrogen) atoms. The third-order valence-electron chi connectivity index (χ3n) is 4.27. The number of hydrogen-bond acceptors (Lipinski definition) is 3. The molecule has 5 heteroatoms. The maximum Gasteiger partial charge on any atom is 0.410 e. The molecule has 0 saturated carbocycles. The molecule has 2 rings (SSSR count). The van der Waals surface area contributed by atoms with Gasteiger partial charge in [-0.05, 0) is 51.9 Å². The second kappa shape index (κ2) is 6.38. The monoisotopic (exact) mass is 395 g/mol. The van der Waals surface area contributed by atoms with E-state index < -0.39 is 5.60 Å². The van der Waals surface area contributed by atoms with E-state index in [4.69, 9.17) is 9.47 Å². The Morgan fingerprint density at radius 3 is 2.45 bits per heavy atom. The van der Waals surface area contributed by atoms with E-state index in [0.717, 1.165) is 43.4 Å². The summed E-state index contributed by atoms with van der Waals surface area (Å²) in [6.45, 7) is 8.20. The van der Waals surface area contributed by atoms with Crippen molar-refractivity contribution in [2.45, 2.75) is 58.2 Å². The van der Waals surface area contributed by atoms with Gasteiger partial charge in [-0.3, -0.25) is 0 Å². The molecule has 0 bridgehead atoms. The number of piperidine rings is 1. The summed E-state index contributed by atoms with van der Waals surface area (Å²) >= 11 is 2.40. The zero-order valence-electron chi connectivity index (χ0n) is 12.8. The van der Waals surface area contributed by atoms with E-state index in [1.807, 2.05) is 25.7 Å². The number of alkyl halides is 1. The average molecular weight is 395 g/mol. The van der Waals surface area contributed by atoms with Crippen LogP contribution in [-0.4, -0.2) is 46.8 Å². The first-order valence-electron chi connectivity index (χ1n) is 7.49. The summed E-state index contributed by atoms with van der Waals surface area (Å²) in [5, 5.41) is 0. The minimum Gasteiger partial charge on any atom is -0.444 e. The number of halogens is 1. The number of rotatable bonds is 1. The SMILES string of the molecule is CC(C)(C)OC(=O)N1CCC2(CCC(CI)OC2)CC1. The molecular weight excluding hydrogens is 369 g/mol. The smallest absolute Gasteiger partial charge is 0.410 e. The summed E-state index contributed by atoms with van der Waals surface area (Å²) < 4.78 is 12.5. The lowest BCUT2D eigenvalue weighted by Crippen LogP contribution is -2.48. The summed E-state index contributed by atoms with van der Waals surface area (Å²) in [6.07, 6.45) is 4.75. The number of likely N-dealkylation sites (tertiary alicyclic amines) is 1. The molecule has 0 N–H and O–H groups in total. The predicted molar refractivity (Wildman–Crippen MR) is 87.3 cm³/mol. The van der Waals surface area contributed by atoms with Gasteiger partial charge in [-0.15, -0.1) is 0 Å². The third-order valence-corrected chi connectivity index (χ3v) is 5.25. The van der Waals surface area contributed by atoms with E-state index >= 15 is 0 Å². The molecule has 0 aliphatic carbocycles. The molecule has 2 aliphatic heterocycles. The van der Waals surface area contributed by atoms with Gasteiger partial charge in [0.15, 0.2) is 0 Å². The van der Waals surface area contributed by atoms with E-state index in [-0.39, 0.29) is 6.09 Å². The van der Waals surface area contributed by atoms with Crippen molar-refractivity contribution in [3.05, 3.63) is 0 Å². The Kier molecular flexibility index (Phi) is 5.21. The molecule has 2 saturated heterocycles. The molecule has 0 aromatic heterocycles.